The van der Waals surface area contributed by atoms with Gasteiger partial charge in [-0.1, -0.05) is 212 Å². The predicted octanol–water partition coefficient (Wildman–Crippen LogP) is 17.3. The third-order valence-corrected chi connectivity index (χ3v) is 15.0. The molecule has 352 valence electrons. The average molecular weight is 960 g/mol. The summed E-state index contributed by atoms with van der Waals surface area (Å²) in [6.45, 7) is 0. The molecule has 3 aromatic heterocycles. The summed E-state index contributed by atoms with van der Waals surface area (Å²) in [6.07, 6.45) is -0.414. The Balaban J connectivity index is 0.869. The Morgan fingerprint density at radius 2 is 0.747 bits per heavy atom. The minimum Gasteiger partial charge on any atom is -0.452 e. The normalized spacial score (nSPS) is 13.7. The second kappa shape index (κ2) is 17.3. The number of aromatic nitrogens is 2. The fourth-order valence-electron chi connectivity index (χ4n) is 11.5. The van der Waals surface area contributed by atoms with Crippen molar-refractivity contribution in [1.29, 1.82) is 0 Å². The molecule has 6 heteroatoms. The Kier molecular flexibility index (Phi) is 9.85. The van der Waals surface area contributed by atoms with Crippen LogP contribution in [0.25, 0.3) is 110 Å². The number of nitrogens with one attached hydrogen (secondary N) is 1. The largest absolute Gasteiger partial charge is 0.452 e. The van der Waals surface area contributed by atoms with Crippen LogP contribution in [0.1, 0.15) is 22.9 Å². The molecule has 0 bridgehead atoms. The zero-order chi connectivity index (χ0) is 49.4. The van der Waals surface area contributed by atoms with Crippen molar-refractivity contribution in [2.45, 2.75) is 6.17 Å². The van der Waals surface area contributed by atoms with E-state index in [1.54, 1.807) is 0 Å². The quantitative estimate of drug-likeness (QED) is 0.165. The summed E-state index contributed by atoms with van der Waals surface area (Å²) in [5, 5.41) is 10.6. The molecule has 11 aromatic carbocycles. The number of aliphatic imine (C=N–C) groups is 2. The van der Waals surface area contributed by atoms with Crippen LogP contribution < -0.4 is 5.32 Å². The van der Waals surface area contributed by atoms with Crippen molar-refractivity contribution in [3.05, 3.63) is 278 Å². The second-order valence-electron chi connectivity index (χ2n) is 19.3. The molecule has 0 radical (unpaired) electrons. The standard InChI is InChI=1S/C69H45N5O/c1-4-16-44(17-5-1)46-28-30-49(31-29-46)67-70-68(72-69(71-67)60-25-11-10-22-53(60)48-20-8-3-9-21-48)50-34-38-52(39-35-50)74-62-27-15-13-24-55(62)57-41-43-59-58-42-40-56-54-23-12-14-26-61(54)73(63(56)65(58)75-66(59)64(57)74)51-36-32-47(33-37-51)45-18-6-2-7-19-45/h1-43,68H,(H,70,71,72). The van der Waals surface area contributed by atoms with Crippen LogP contribution in [0.5, 0.6) is 0 Å². The molecule has 15 rings (SSSR count). The van der Waals surface area contributed by atoms with Gasteiger partial charge in [-0.2, -0.15) is 0 Å². The SMILES string of the molecule is c1ccc(-c2ccc(C3=NC(c4ccc(-n5c6ccccc6c6ccc7c8ccc9c%10ccccc%10n(-c%10ccc(-c%11ccccc%11)cc%10)c9c8oc7c65)cc4)NC(c4ccccc4-c4ccccc4)=N3)cc2)cc1. The summed E-state index contributed by atoms with van der Waals surface area (Å²) < 4.78 is 12.1. The maximum Gasteiger partial charge on any atom is 0.160 e. The molecular formula is C69H45N5O. The first-order valence-corrected chi connectivity index (χ1v) is 25.5. The van der Waals surface area contributed by atoms with Gasteiger partial charge < -0.3 is 18.9 Å². The summed E-state index contributed by atoms with van der Waals surface area (Å²) in [6, 6.07) is 92.6. The van der Waals surface area contributed by atoms with Crippen LogP contribution in [-0.4, -0.2) is 20.8 Å². The molecule has 1 aliphatic heterocycles. The lowest BCUT2D eigenvalue weighted by Gasteiger charge is -2.25. The smallest absolute Gasteiger partial charge is 0.160 e. The Bertz CT molecular complexity index is 4570. The lowest BCUT2D eigenvalue weighted by molar-refractivity contribution is 0.672. The van der Waals surface area contributed by atoms with E-state index in [9.17, 15) is 0 Å². The monoisotopic (exact) mass is 959 g/mol. The number of para-hydroxylation sites is 2. The van der Waals surface area contributed by atoms with Crippen LogP contribution in [0, 0.1) is 0 Å². The third-order valence-electron chi connectivity index (χ3n) is 15.0. The van der Waals surface area contributed by atoms with Crippen molar-refractivity contribution in [3.63, 3.8) is 0 Å². The van der Waals surface area contributed by atoms with Crippen molar-refractivity contribution in [2.75, 3.05) is 0 Å². The first-order chi connectivity index (χ1) is 37.2. The number of nitrogens with zero attached hydrogens (tertiary/aromatic N) is 4. The molecule has 1 atom stereocenters. The Hall–Kier alpha value is -10.0. The van der Waals surface area contributed by atoms with E-state index < -0.39 is 6.17 Å². The van der Waals surface area contributed by atoms with Gasteiger partial charge in [0.25, 0.3) is 0 Å². The first-order valence-electron chi connectivity index (χ1n) is 25.5. The molecule has 0 saturated carbocycles. The Morgan fingerprint density at radius 3 is 1.29 bits per heavy atom. The molecule has 0 spiro atoms. The van der Waals surface area contributed by atoms with E-state index in [0.717, 1.165) is 111 Å². The van der Waals surface area contributed by atoms with Gasteiger partial charge in [0.15, 0.2) is 17.0 Å². The fourth-order valence-corrected chi connectivity index (χ4v) is 11.5. The molecule has 0 aliphatic carbocycles. The van der Waals surface area contributed by atoms with E-state index in [-0.39, 0.29) is 0 Å². The van der Waals surface area contributed by atoms with E-state index in [2.05, 4.69) is 269 Å². The van der Waals surface area contributed by atoms with Crippen LogP contribution in [0.3, 0.4) is 0 Å². The summed E-state index contributed by atoms with van der Waals surface area (Å²) in [5.41, 5.74) is 18.0. The molecule has 6 nitrogen and oxygen atoms in total. The maximum atomic E-state index is 7.37. The van der Waals surface area contributed by atoms with Crippen LogP contribution in [0.15, 0.2) is 275 Å². The van der Waals surface area contributed by atoms with E-state index in [0.29, 0.717) is 5.84 Å². The highest BCUT2D eigenvalue weighted by molar-refractivity contribution is 6.26. The second-order valence-corrected chi connectivity index (χ2v) is 19.3. The number of furan rings is 1. The molecule has 1 unspecified atom stereocenters. The number of rotatable bonds is 8. The zero-order valence-corrected chi connectivity index (χ0v) is 40.6. The van der Waals surface area contributed by atoms with E-state index in [1.165, 1.54) is 22.1 Å². The summed E-state index contributed by atoms with van der Waals surface area (Å²) in [4.78, 5) is 10.6. The maximum absolute atomic E-state index is 7.37. The van der Waals surface area contributed by atoms with Crippen molar-refractivity contribution in [2.24, 2.45) is 9.98 Å². The molecule has 1 aliphatic rings. The Labute approximate surface area is 432 Å². The molecule has 4 heterocycles. The van der Waals surface area contributed by atoms with Gasteiger partial charge in [0.2, 0.25) is 0 Å². The van der Waals surface area contributed by atoms with Crippen molar-refractivity contribution < 1.29 is 4.42 Å². The number of hydrogen-bond acceptors (Lipinski definition) is 4. The highest BCUT2D eigenvalue weighted by Gasteiger charge is 2.26. The number of benzene rings is 11. The van der Waals surface area contributed by atoms with Crippen molar-refractivity contribution in [1.82, 2.24) is 14.5 Å². The summed E-state index contributed by atoms with van der Waals surface area (Å²) in [5.74, 6) is 1.44. The molecule has 0 amide bonds. The summed E-state index contributed by atoms with van der Waals surface area (Å²) >= 11 is 0. The van der Waals surface area contributed by atoms with E-state index >= 15 is 0 Å². The average Bonchev–Trinajstić information content (AvgIpc) is 4.26. The Morgan fingerprint density at radius 1 is 0.333 bits per heavy atom. The lowest BCUT2D eigenvalue weighted by atomic mass is 9.98. The number of fused-ring (bicyclic) bond motifs is 11. The minimum absolute atomic E-state index is 0.414. The minimum atomic E-state index is -0.414. The van der Waals surface area contributed by atoms with Gasteiger partial charge in [0.1, 0.15) is 12.0 Å². The lowest BCUT2D eigenvalue weighted by Crippen LogP contribution is -2.34. The summed E-state index contributed by atoms with van der Waals surface area (Å²) in [7, 11) is 0. The highest BCUT2D eigenvalue weighted by Crippen LogP contribution is 2.45. The van der Waals surface area contributed by atoms with Gasteiger partial charge in [-0.15, -0.1) is 0 Å². The molecule has 0 fully saturated rings. The molecule has 14 aromatic rings. The van der Waals surface area contributed by atoms with Gasteiger partial charge in [-0.3, -0.25) is 0 Å². The van der Waals surface area contributed by atoms with Crippen LogP contribution in [-0.2, 0) is 0 Å². The van der Waals surface area contributed by atoms with Gasteiger partial charge >= 0.3 is 0 Å². The van der Waals surface area contributed by atoms with E-state index in [4.69, 9.17) is 14.4 Å². The van der Waals surface area contributed by atoms with Gasteiger partial charge in [0.05, 0.1) is 22.1 Å². The first kappa shape index (κ1) is 42.6. The molecular weight excluding hydrogens is 915 g/mol. The number of amidine groups is 2. The van der Waals surface area contributed by atoms with Crippen molar-refractivity contribution in [3.8, 4) is 44.8 Å². The predicted molar refractivity (Wildman–Crippen MR) is 311 cm³/mol. The number of hydrogen-bond donors (Lipinski definition) is 1. The molecule has 75 heavy (non-hydrogen) atoms. The van der Waals surface area contributed by atoms with Crippen LogP contribution in [0.4, 0.5) is 0 Å². The molecule has 1 N–H and O–H groups in total. The van der Waals surface area contributed by atoms with Gasteiger partial charge in [-0.05, 0) is 87.5 Å². The topological polar surface area (TPSA) is 59.8 Å². The van der Waals surface area contributed by atoms with E-state index in [1.807, 2.05) is 6.07 Å². The van der Waals surface area contributed by atoms with Gasteiger partial charge in [-0.25, -0.2) is 9.98 Å². The third kappa shape index (κ3) is 7.02. The van der Waals surface area contributed by atoms with Crippen LogP contribution in [0.2, 0.25) is 0 Å². The fraction of sp³-hybridized carbons (Fsp3) is 0.0145. The zero-order valence-electron chi connectivity index (χ0n) is 40.6. The highest BCUT2D eigenvalue weighted by atomic mass is 16.3. The van der Waals surface area contributed by atoms with Crippen molar-refractivity contribution >= 4 is 77.2 Å². The molecule has 0 saturated heterocycles. The van der Waals surface area contributed by atoms with Gasteiger partial charge in [0, 0.05) is 54.8 Å². The van der Waals surface area contributed by atoms with Crippen LogP contribution >= 0.6 is 0 Å².